The molecule has 0 saturated carbocycles. The number of rotatable bonds is 7. The van der Waals surface area contributed by atoms with Gasteiger partial charge in [0.1, 0.15) is 11.5 Å². The van der Waals surface area contributed by atoms with Gasteiger partial charge in [-0.2, -0.15) is 0 Å². The molecule has 1 aromatic carbocycles. The highest BCUT2D eigenvalue weighted by Crippen LogP contribution is 2.41. The van der Waals surface area contributed by atoms with Crippen molar-refractivity contribution in [3.05, 3.63) is 62.4 Å². The molecule has 0 radical (unpaired) electrons. The van der Waals surface area contributed by atoms with Crippen LogP contribution in [0, 0.1) is 13.8 Å². The Labute approximate surface area is 201 Å². The molecule has 0 unspecified atom stereocenters. The molecule has 0 spiro atoms. The lowest BCUT2D eigenvalue weighted by Gasteiger charge is -2.26. The number of aliphatic hydroxyl groups is 1. The first kappa shape index (κ1) is 24.7. The van der Waals surface area contributed by atoms with Gasteiger partial charge in [0.15, 0.2) is 0 Å². The van der Waals surface area contributed by atoms with Gasteiger partial charge < -0.3 is 24.6 Å². The number of nitrogens with zero attached hydrogens (tertiary/aromatic N) is 2. The Kier molecular flexibility index (Phi) is 7.44. The molecule has 1 aromatic heterocycles. The quantitative estimate of drug-likeness (QED) is 0.252. The van der Waals surface area contributed by atoms with Crippen LogP contribution in [-0.2, 0) is 14.3 Å². The van der Waals surface area contributed by atoms with Gasteiger partial charge in [-0.15, -0.1) is 0 Å². The fraction of sp³-hybridized carbons (Fsp3) is 0.375. The number of hydrogen-bond acceptors (Lipinski definition) is 6. The predicted octanol–water partition coefficient (Wildman–Crippen LogP) is 3.55. The van der Waals surface area contributed by atoms with E-state index < -0.39 is 23.7 Å². The molecule has 1 atom stereocenters. The molecule has 0 bridgehead atoms. The number of benzene rings is 1. The summed E-state index contributed by atoms with van der Waals surface area (Å²) in [5.41, 5.74) is 2.18. The number of esters is 1. The minimum absolute atomic E-state index is 0.00235. The molecule has 1 saturated heterocycles. The Balaban J connectivity index is 2.20. The number of ketones is 1. The normalized spacial score (nSPS) is 17.8. The summed E-state index contributed by atoms with van der Waals surface area (Å²) in [6.45, 7) is 6.13. The van der Waals surface area contributed by atoms with E-state index in [1.807, 2.05) is 43.3 Å². The van der Waals surface area contributed by atoms with Crippen molar-refractivity contribution in [3.63, 3.8) is 0 Å². The molecule has 1 fully saturated rings. The number of Topliss-reactive ketones (excluding diaryl/α,β-unsaturated/α-hetero) is 1. The number of carbonyl (C=O) groups excluding carboxylic acids is 3. The molecular formula is C24H28BrN3O5. The third-order valence-electron chi connectivity index (χ3n) is 5.65. The second-order valence-corrected chi connectivity index (χ2v) is 9.11. The van der Waals surface area contributed by atoms with E-state index in [0.717, 1.165) is 4.47 Å². The third-order valence-corrected chi connectivity index (χ3v) is 6.14. The van der Waals surface area contributed by atoms with Gasteiger partial charge in [-0.3, -0.25) is 9.59 Å². The predicted molar refractivity (Wildman–Crippen MR) is 128 cm³/mol. The van der Waals surface area contributed by atoms with Crippen LogP contribution in [0.25, 0.3) is 5.76 Å². The highest BCUT2D eigenvalue weighted by Gasteiger charge is 2.46. The summed E-state index contributed by atoms with van der Waals surface area (Å²) in [7, 11) is 3.77. The van der Waals surface area contributed by atoms with Gasteiger partial charge in [0.25, 0.3) is 11.7 Å². The number of amides is 1. The molecule has 9 heteroatoms. The second-order valence-electron chi connectivity index (χ2n) is 8.20. The average Bonchev–Trinajstić information content (AvgIpc) is 3.19. The highest BCUT2D eigenvalue weighted by atomic mass is 79.9. The minimum Gasteiger partial charge on any atom is -0.507 e. The van der Waals surface area contributed by atoms with Crippen LogP contribution in [0.2, 0.25) is 0 Å². The number of ether oxygens (including phenoxy) is 1. The number of halogens is 1. The first-order valence-corrected chi connectivity index (χ1v) is 11.4. The van der Waals surface area contributed by atoms with Crippen molar-refractivity contribution < 1.29 is 24.2 Å². The largest absolute Gasteiger partial charge is 0.507 e. The molecule has 3 rings (SSSR count). The summed E-state index contributed by atoms with van der Waals surface area (Å²) in [6.07, 6.45) is 0. The number of aromatic amines is 1. The van der Waals surface area contributed by atoms with Gasteiger partial charge in [-0.1, -0.05) is 28.1 Å². The summed E-state index contributed by atoms with van der Waals surface area (Å²) in [5, 5.41) is 11.4. The monoisotopic (exact) mass is 517 g/mol. The van der Waals surface area contributed by atoms with Gasteiger partial charge in [-0.25, -0.2) is 4.79 Å². The molecule has 176 valence electrons. The molecule has 1 amide bonds. The Bertz CT molecular complexity index is 1140. The lowest BCUT2D eigenvalue weighted by Crippen LogP contribution is -2.35. The summed E-state index contributed by atoms with van der Waals surface area (Å²) in [5.74, 6) is -2.28. The van der Waals surface area contributed by atoms with Crippen LogP contribution in [0.1, 0.15) is 45.8 Å². The summed E-state index contributed by atoms with van der Waals surface area (Å²) >= 11 is 3.45. The first-order valence-electron chi connectivity index (χ1n) is 10.6. The van der Waals surface area contributed by atoms with E-state index in [1.54, 1.807) is 20.8 Å². The molecule has 1 aliphatic heterocycles. The number of likely N-dealkylation sites (tertiary alicyclic amines) is 1. The summed E-state index contributed by atoms with van der Waals surface area (Å²) in [6, 6.07) is 6.55. The lowest BCUT2D eigenvalue weighted by molar-refractivity contribution is -0.140. The van der Waals surface area contributed by atoms with Crippen molar-refractivity contribution in [3.8, 4) is 0 Å². The van der Waals surface area contributed by atoms with Gasteiger partial charge in [-0.05, 0) is 58.1 Å². The Morgan fingerprint density at radius 3 is 2.58 bits per heavy atom. The zero-order valence-electron chi connectivity index (χ0n) is 19.4. The van der Waals surface area contributed by atoms with Crippen molar-refractivity contribution in [1.29, 1.82) is 0 Å². The van der Waals surface area contributed by atoms with E-state index in [-0.39, 0.29) is 23.6 Å². The molecule has 0 aliphatic carbocycles. The van der Waals surface area contributed by atoms with Crippen LogP contribution in [0.5, 0.6) is 0 Å². The fourth-order valence-corrected chi connectivity index (χ4v) is 4.51. The molecule has 2 N–H and O–H groups in total. The van der Waals surface area contributed by atoms with Crippen LogP contribution in [0.3, 0.4) is 0 Å². The van der Waals surface area contributed by atoms with Crippen LogP contribution < -0.4 is 0 Å². The zero-order chi connectivity index (χ0) is 24.4. The van der Waals surface area contributed by atoms with E-state index in [4.69, 9.17) is 4.74 Å². The number of aryl methyl sites for hydroxylation is 1. The number of carbonyl (C=O) groups is 3. The average molecular weight is 518 g/mol. The fourth-order valence-electron chi connectivity index (χ4n) is 4.09. The number of hydrogen-bond donors (Lipinski definition) is 2. The highest BCUT2D eigenvalue weighted by molar-refractivity contribution is 9.10. The van der Waals surface area contributed by atoms with Crippen molar-refractivity contribution in [2.45, 2.75) is 26.8 Å². The van der Waals surface area contributed by atoms with Gasteiger partial charge >= 0.3 is 5.97 Å². The first-order chi connectivity index (χ1) is 15.6. The van der Waals surface area contributed by atoms with Gasteiger partial charge in [0, 0.05) is 28.8 Å². The van der Waals surface area contributed by atoms with Crippen molar-refractivity contribution in [1.82, 2.24) is 14.8 Å². The topological polar surface area (TPSA) is 103 Å². The van der Waals surface area contributed by atoms with Crippen LogP contribution in [-0.4, -0.2) is 71.3 Å². The van der Waals surface area contributed by atoms with E-state index in [1.165, 1.54) is 4.90 Å². The van der Waals surface area contributed by atoms with Gasteiger partial charge in [0.2, 0.25) is 0 Å². The zero-order valence-corrected chi connectivity index (χ0v) is 20.9. The maximum absolute atomic E-state index is 13.2. The molecule has 8 nitrogen and oxygen atoms in total. The van der Waals surface area contributed by atoms with Crippen molar-refractivity contribution in [2.24, 2.45) is 0 Å². The van der Waals surface area contributed by atoms with E-state index >= 15 is 0 Å². The number of aromatic nitrogens is 1. The van der Waals surface area contributed by atoms with Crippen LogP contribution in [0.15, 0.2) is 34.3 Å². The smallest absolute Gasteiger partial charge is 0.355 e. The Morgan fingerprint density at radius 2 is 1.97 bits per heavy atom. The Hall–Kier alpha value is -2.91. The van der Waals surface area contributed by atoms with Crippen LogP contribution in [0.4, 0.5) is 0 Å². The number of likely N-dealkylation sites (N-methyl/N-ethyl adjacent to an activating group) is 1. The number of aliphatic hydroxyl groups excluding tert-OH is 1. The maximum atomic E-state index is 13.2. The number of nitrogens with one attached hydrogen (secondary N) is 1. The molecule has 2 heterocycles. The van der Waals surface area contributed by atoms with Crippen molar-refractivity contribution >= 4 is 39.3 Å². The summed E-state index contributed by atoms with van der Waals surface area (Å²) in [4.78, 5) is 44.9. The third kappa shape index (κ3) is 4.74. The summed E-state index contributed by atoms with van der Waals surface area (Å²) < 4.78 is 5.88. The van der Waals surface area contributed by atoms with E-state index in [0.29, 0.717) is 35.5 Å². The lowest BCUT2D eigenvalue weighted by atomic mass is 9.94. The molecular weight excluding hydrogens is 490 g/mol. The molecule has 33 heavy (non-hydrogen) atoms. The van der Waals surface area contributed by atoms with Crippen LogP contribution >= 0.6 is 15.9 Å². The van der Waals surface area contributed by atoms with E-state index in [2.05, 4.69) is 20.9 Å². The molecule has 1 aliphatic rings. The molecule has 2 aromatic rings. The maximum Gasteiger partial charge on any atom is 0.355 e. The van der Waals surface area contributed by atoms with Gasteiger partial charge in [0.05, 0.1) is 18.2 Å². The second kappa shape index (κ2) is 9.93. The Morgan fingerprint density at radius 1 is 1.27 bits per heavy atom. The SMILES string of the molecule is CCOC(=O)c1[nH]c(C)c(C(O)=C2C(=O)C(=O)N(CCN(C)C)[C@@H]2c2cccc(Br)c2)c1C. The van der Waals surface area contributed by atoms with Crippen molar-refractivity contribution in [2.75, 3.05) is 33.8 Å². The minimum atomic E-state index is -0.762. The standard InChI is InChI=1S/C24H28BrN3O5/c1-6-33-24(32)19-13(2)17(14(3)26-19)21(29)18-20(15-8-7-9-16(25)12-15)28(11-10-27(4)5)23(31)22(18)30/h7-9,12,20,26,29H,6,10-11H2,1-5H3/t20-/m1/s1. The van der Waals surface area contributed by atoms with E-state index in [9.17, 15) is 19.5 Å². The number of H-pyrrole nitrogens is 1.